The summed E-state index contributed by atoms with van der Waals surface area (Å²) in [6.45, 7) is 0. The Morgan fingerprint density at radius 3 is 0.750 bits per heavy atom. The Balaban J connectivity index is 0. The van der Waals surface area contributed by atoms with Gasteiger partial charge in [-0.3, -0.25) is 0 Å². The normalized spacial score (nSPS) is 3.00. The second-order valence-corrected chi connectivity index (χ2v) is 0. The Kier molecular flexibility index (Phi) is 47.0. The molecule has 4 heteroatoms. The molecule has 0 aliphatic heterocycles. The van der Waals surface area contributed by atoms with Gasteiger partial charge in [-0.25, -0.2) is 0 Å². The standard InChI is InChI=1S/2La.2O. The van der Waals surface area contributed by atoms with Gasteiger partial charge >= 0.3 is 71.0 Å². The molecule has 0 N–H and O–H groups in total. The van der Waals surface area contributed by atoms with Crippen LogP contribution in [-0.4, -0.2) is 0 Å². The van der Waals surface area contributed by atoms with Crippen molar-refractivity contribution in [2.45, 2.75) is 0 Å². The van der Waals surface area contributed by atoms with E-state index in [1.807, 2.05) is 0 Å². The van der Waals surface area contributed by atoms with Crippen molar-refractivity contribution < 1.29 is 71.0 Å². The van der Waals surface area contributed by atoms with E-state index in [0.29, 0.717) is 0 Å². The third kappa shape index (κ3) is 9.01. The average Bonchev–Trinajstić information content (AvgIpc) is 1.50. The number of hydrogen-bond donors (Lipinski definition) is 0. The van der Waals surface area contributed by atoms with Crippen LogP contribution in [0.3, 0.4) is 0 Å². The van der Waals surface area contributed by atoms with Gasteiger partial charge in [0.2, 0.25) is 0 Å². The zero-order valence-electron chi connectivity index (χ0n) is 1.97. The summed E-state index contributed by atoms with van der Waals surface area (Å²) in [5.41, 5.74) is 0. The predicted octanol–water partition coefficient (Wildman–Crippen LogP) is -0.238. The van der Waals surface area contributed by atoms with Crippen LogP contribution < -0.4 is 0 Å². The van der Waals surface area contributed by atoms with Crippen molar-refractivity contribution >= 4 is 0 Å². The topological polar surface area (TPSA) is 34.1 Å². The average molecular weight is 310 g/mol. The summed E-state index contributed by atoms with van der Waals surface area (Å²) in [6, 6.07) is 0. The van der Waals surface area contributed by atoms with Crippen LogP contribution in [0.15, 0.2) is 0 Å². The molecular formula is La2O2. The molecule has 2 nitrogen and oxygen atoms in total. The van der Waals surface area contributed by atoms with Crippen molar-refractivity contribution in [3.63, 3.8) is 0 Å². The molecule has 0 bridgehead atoms. The summed E-state index contributed by atoms with van der Waals surface area (Å²) in [5, 5.41) is 0. The third-order valence-electron chi connectivity index (χ3n) is 0. The first-order chi connectivity index (χ1) is 2.00. The quantitative estimate of drug-likeness (QED) is 0.619. The molecule has 0 unspecified atom stereocenters. The minimum atomic E-state index is -0.0833. The molecule has 0 saturated carbocycles. The summed E-state index contributed by atoms with van der Waals surface area (Å²) in [7, 11) is 0. The van der Waals surface area contributed by atoms with Gasteiger partial charge in [-0.1, -0.05) is 0 Å². The van der Waals surface area contributed by atoms with Crippen LogP contribution in [0.4, 0.5) is 0 Å². The van der Waals surface area contributed by atoms with E-state index in [2.05, 4.69) is 0 Å². The molecule has 0 radical (unpaired) electrons. The van der Waals surface area contributed by atoms with Gasteiger partial charge in [0.05, 0.1) is 0 Å². The fourth-order valence-electron chi connectivity index (χ4n) is 0. The number of hydrogen-bond acceptors (Lipinski definition) is 2. The summed E-state index contributed by atoms with van der Waals surface area (Å²) >= 11 is -0.167. The van der Waals surface area contributed by atoms with E-state index in [4.69, 9.17) is 3.39 Å². The van der Waals surface area contributed by atoms with Gasteiger partial charge in [-0.05, 0) is 0 Å². The van der Waals surface area contributed by atoms with E-state index in [-0.39, 0.29) is 67.6 Å². The Morgan fingerprint density at radius 1 is 0.750 bits per heavy atom. The zero-order valence-corrected chi connectivity index (χ0v) is 9.22. The van der Waals surface area contributed by atoms with Crippen molar-refractivity contribution in [1.29, 1.82) is 0 Å². The molecule has 0 heterocycles. The fraction of sp³-hybridized carbons (Fsp3) is 0. The predicted molar refractivity (Wildman–Crippen MR) is 1.37 cm³/mol. The summed E-state index contributed by atoms with van der Waals surface area (Å²) in [5.74, 6) is 0. The summed E-state index contributed by atoms with van der Waals surface area (Å²) < 4.78 is 16.8. The SMILES string of the molecule is [O]=[La].[O]=[La]. The van der Waals surface area contributed by atoms with Crippen LogP contribution in [-0.2, 0) is 3.39 Å². The van der Waals surface area contributed by atoms with Gasteiger partial charge in [0.15, 0.2) is 0 Å². The first-order valence-corrected chi connectivity index (χ1v) is 3.43. The Hall–Kier alpha value is 1.99. The van der Waals surface area contributed by atoms with Gasteiger partial charge in [0, 0.05) is 0 Å². The van der Waals surface area contributed by atoms with Crippen LogP contribution in [0, 0.1) is 67.6 Å². The molecule has 0 aromatic rings. The second-order valence-electron chi connectivity index (χ2n) is 0. The van der Waals surface area contributed by atoms with Gasteiger partial charge in [-0.15, -0.1) is 0 Å². The zero-order chi connectivity index (χ0) is 4.00. The van der Waals surface area contributed by atoms with Crippen molar-refractivity contribution in [1.82, 2.24) is 0 Å². The van der Waals surface area contributed by atoms with Gasteiger partial charge in [0.25, 0.3) is 0 Å². The fourth-order valence-corrected chi connectivity index (χ4v) is 0. The minimum absolute atomic E-state index is 0.0833. The molecular weight excluding hydrogens is 310 g/mol. The third-order valence-corrected chi connectivity index (χ3v) is 0. The van der Waals surface area contributed by atoms with Gasteiger partial charge < -0.3 is 0 Å². The van der Waals surface area contributed by atoms with Crippen LogP contribution >= 0.6 is 0 Å². The van der Waals surface area contributed by atoms with E-state index in [1.165, 1.54) is 0 Å². The van der Waals surface area contributed by atoms with E-state index >= 15 is 0 Å². The van der Waals surface area contributed by atoms with E-state index in [9.17, 15) is 0 Å². The number of rotatable bonds is 0. The van der Waals surface area contributed by atoms with E-state index in [1.54, 1.807) is 0 Å². The van der Waals surface area contributed by atoms with E-state index < -0.39 is 0 Å². The Morgan fingerprint density at radius 2 is 0.750 bits per heavy atom. The van der Waals surface area contributed by atoms with Crippen molar-refractivity contribution in [3.05, 3.63) is 0 Å². The maximum absolute atomic E-state index is 8.42. The van der Waals surface area contributed by atoms with Crippen LogP contribution in [0.2, 0.25) is 0 Å². The second kappa shape index (κ2) is 20.1. The summed E-state index contributed by atoms with van der Waals surface area (Å²) in [4.78, 5) is 0. The van der Waals surface area contributed by atoms with E-state index in [0.717, 1.165) is 0 Å². The first-order valence-electron chi connectivity index (χ1n) is 0.471. The maximum atomic E-state index is 8.42. The Labute approximate surface area is 69.4 Å². The van der Waals surface area contributed by atoms with Crippen LogP contribution in [0.1, 0.15) is 0 Å². The van der Waals surface area contributed by atoms with Crippen molar-refractivity contribution in [2.24, 2.45) is 0 Å². The molecule has 0 saturated heterocycles. The molecule has 0 fully saturated rings. The van der Waals surface area contributed by atoms with Crippen molar-refractivity contribution in [2.75, 3.05) is 0 Å². The molecule has 0 aromatic heterocycles. The molecule has 0 rings (SSSR count). The molecule has 0 aliphatic carbocycles. The van der Waals surface area contributed by atoms with Crippen LogP contribution in [0.5, 0.6) is 0 Å². The molecule has 4 heavy (non-hydrogen) atoms. The molecule has 0 aromatic carbocycles. The summed E-state index contributed by atoms with van der Waals surface area (Å²) in [6.07, 6.45) is 0. The molecule has 0 aliphatic rings. The van der Waals surface area contributed by atoms with Crippen LogP contribution in [0.25, 0.3) is 0 Å². The van der Waals surface area contributed by atoms with Crippen molar-refractivity contribution in [3.8, 4) is 0 Å². The van der Waals surface area contributed by atoms with Gasteiger partial charge in [0.1, 0.15) is 0 Å². The first kappa shape index (κ1) is 9.37. The van der Waals surface area contributed by atoms with Gasteiger partial charge in [-0.2, -0.15) is 0 Å². The monoisotopic (exact) mass is 310 g/mol. The molecule has 18 valence electrons. The molecule has 0 amide bonds. The molecule has 0 atom stereocenters. The Bertz CT molecular complexity index is 6.00. The molecule has 0 spiro atoms.